The Bertz CT molecular complexity index is 372. The molecule has 0 heterocycles. The van der Waals surface area contributed by atoms with Gasteiger partial charge in [0.15, 0.2) is 0 Å². The summed E-state index contributed by atoms with van der Waals surface area (Å²) < 4.78 is 13.7. The summed E-state index contributed by atoms with van der Waals surface area (Å²) in [5.74, 6) is 0.330. The fourth-order valence-corrected chi connectivity index (χ4v) is 3.06. The summed E-state index contributed by atoms with van der Waals surface area (Å²) in [5, 5.41) is 0. The maximum absolute atomic E-state index is 13.2. The first-order valence-electron chi connectivity index (χ1n) is 6.39. The highest BCUT2D eigenvalue weighted by atomic mass is 79.9. The Labute approximate surface area is 111 Å². The van der Waals surface area contributed by atoms with Crippen LogP contribution >= 0.6 is 15.9 Å². The highest BCUT2D eigenvalue weighted by Crippen LogP contribution is 2.33. The van der Waals surface area contributed by atoms with Gasteiger partial charge in [0.1, 0.15) is 5.82 Å². The average Bonchev–Trinajstić information content (AvgIpc) is 2.60. The van der Waals surface area contributed by atoms with Crippen LogP contribution in [0.3, 0.4) is 0 Å². The number of halogens is 2. The largest absolute Gasteiger partial charge is 0.324 e. The summed E-state index contributed by atoms with van der Waals surface area (Å²) in [6.07, 6.45) is 7.63. The molecule has 0 aliphatic heterocycles. The number of hydrogen-bond acceptors (Lipinski definition) is 1. The van der Waals surface area contributed by atoms with Crippen molar-refractivity contribution in [3.05, 3.63) is 34.1 Å². The molecule has 1 saturated carbocycles. The lowest BCUT2D eigenvalue weighted by atomic mass is 9.88. The van der Waals surface area contributed by atoms with Gasteiger partial charge in [-0.25, -0.2) is 4.39 Å². The zero-order valence-corrected chi connectivity index (χ0v) is 11.5. The van der Waals surface area contributed by atoms with Crippen molar-refractivity contribution in [3.8, 4) is 0 Å². The van der Waals surface area contributed by atoms with Crippen LogP contribution in [0.1, 0.15) is 50.1 Å². The standard InChI is InChI=1S/C14H19BrFN/c15-12-9-11(7-8-13(12)16)14(17)10-5-3-1-2-4-6-10/h7-10,14H,1-6,17H2. The Balaban J connectivity index is 2.11. The molecule has 0 spiro atoms. The van der Waals surface area contributed by atoms with Crippen molar-refractivity contribution in [2.75, 3.05) is 0 Å². The molecule has 1 aromatic rings. The SMILES string of the molecule is NC(c1ccc(F)c(Br)c1)C1CCCCCC1. The number of rotatable bonds is 2. The van der Waals surface area contributed by atoms with E-state index in [1.54, 1.807) is 0 Å². The van der Waals surface area contributed by atoms with E-state index >= 15 is 0 Å². The van der Waals surface area contributed by atoms with Gasteiger partial charge >= 0.3 is 0 Å². The van der Waals surface area contributed by atoms with E-state index in [1.165, 1.54) is 44.6 Å². The van der Waals surface area contributed by atoms with Crippen molar-refractivity contribution in [3.63, 3.8) is 0 Å². The van der Waals surface area contributed by atoms with Crippen molar-refractivity contribution in [2.24, 2.45) is 11.7 Å². The van der Waals surface area contributed by atoms with Gasteiger partial charge in [0.2, 0.25) is 0 Å². The smallest absolute Gasteiger partial charge is 0.137 e. The minimum atomic E-state index is -0.221. The van der Waals surface area contributed by atoms with E-state index in [-0.39, 0.29) is 11.9 Å². The Morgan fingerprint density at radius 2 is 1.82 bits per heavy atom. The van der Waals surface area contributed by atoms with E-state index < -0.39 is 0 Å². The predicted octanol–water partition coefficient (Wildman–Crippen LogP) is 4.56. The first-order valence-corrected chi connectivity index (χ1v) is 7.18. The third-order valence-corrected chi connectivity index (χ3v) is 4.34. The monoisotopic (exact) mass is 299 g/mol. The van der Waals surface area contributed by atoms with E-state index in [4.69, 9.17) is 5.73 Å². The highest BCUT2D eigenvalue weighted by molar-refractivity contribution is 9.10. The second-order valence-electron chi connectivity index (χ2n) is 4.95. The number of hydrogen-bond donors (Lipinski definition) is 1. The topological polar surface area (TPSA) is 26.0 Å². The molecule has 1 unspecified atom stereocenters. The van der Waals surface area contributed by atoms with Crippen LogP contribution in [0.25, 0.3) is 0 Å². The molecule has 1 fully saturated rings. The van der Waals surface area contributed by atoms with Gasteiger partial charge in [-0.05, 0) is 52.4 Å². The van der Waals surface area contributed by atoms with Crippen molar-refractivity contribution in [1.82, 2.24) is 0 Å². The zero-order valence-electron chi connectivity index (χ0n) is 9.96. The van der Waals surface area contributed by atoms with Crippen molar-refractivity contribution >= 4 is 15.9 Å². The molecular formula is C14H19BrFN. The lowest BCUT2D eigenvalue weighted by Gasteiger charge is -2.23. The summed E-state index contributed by atoms with van der Waals surface area (Å²) in [7, 11) is 0. The molecule has 3 heteroatoms. The quantitative estimate of drug-likeness (QED) is 0.796. The van der Waals surface area contributed by atoms with Crippen LogP contribution in [-0.2, 0) is 0 Å². The fourth-order valence-electron chi connectivity index (χ4n) is 2.66. The third-order valence-electron chi connectivity index (χ3n) is 3.74. The van der Waals surface area contributed by atoms with Gasteiger partial charge in [0.25, 0.3) is 0 Å². The molecule has 17 heavy (non-hydrogen) atoms. The molecule has 1 aliphatic carbocycles. The fraction of sp³-hybridized carbons (Fsp3) is 0.571. The van der Waals surface area contributed by atoms with E-state index in [9.17, 15) is 4.39 Å². The first-order chi connectivity index (χ1) is 8.18. The average molecular weight is 300 g/mol. The maximum atomic E-state index is 13.2. The predicted molar refractivity (Wildman–Crippen MR) is 72.2 cm³/mol. The molecule has 0 bridgehead atoms. The van der Waals surface area contributed by atoms with Crippen molar-refractivity contribution in [1.29, 1.82) is 0 Å². The summed E-state index contributed by atoms with van der Waals surface area (Å²) in [6.45, 7) is 0. The minimum absolute atomic E-state index is 0.0463. The van der Waals surface area contributed by atoms with Crippen LogP contribution in [0.2, 0.25) is 0 Å². The van der Waals surface area contributed by atoms with Gasteiger partial charge in [-0.3, -0.25) is 0 Å². The van der Waals surface area contributed by atoms with Crippen molar-refractivity contribution < 1.29 is 4.39 Å². The highest BCUT2D eigenvalue weighted by Gasteiger charge is 2.21. The normalized spacial score (nSPS) is 19.9. The van der Waals surface area contributed by atoms with E-state index in [0.717, 1.165) is 5.56 Å². The van der Waals surface area contributed by atoms with Crippen LogP contribution in [0.15, 0.2) is 22.7 Å². The molecule has 1 atom stereocenters. The molecule has 0 saturated heterocycles. The minimum Gasteiger partial charge on any atom is -0.324 e. The number of nitrogens with two attached hydrogens (primary N) is 1. The van der Waals surface area contributed by atoms with E-state index in [2.05, 4.69) is 15.9 Å². The summed E-state index contributed by atoms with van der Waals surface area (Å²) in [5.41, 5.74) is 7.36. The van der Waals surface area contributed by atoms with Crippen molar-refractivity contribution in [2.45, 2.75) is 44.6 Å². The second kappa shape index (κ2) is 5.96. The Morgan fingerprint density at radius 1 is 1.18 bits per heavy atom. The summed E-state index contributed by atoms with van der Waals surface area (Å²) in [6, 6.07) is 5.18. The van der Waals surface area contributed by atoms with Crippen LogP contribution in [0, 0.1) is 11.7 Å². The molecule has 94 valence electrons. The molecule has 1 aromatic carbocycles. The van der Waals surface area contributed by atoms with Gasteiger partial charge in [0.05, 0.1) is 4.47 Å². The maximum Gasteiger partial charge on any atom is 0.137 e. The van der Waals surface area contributed by atoms with E-state index in [0.29, 0.717) is 10.4 Å². The Kier molecular flexibility index (Phi) is 4.57. The van der Waals surface area contributed by atoms with Crippen LogP contribution in [0.4, 0.5) is 4.39 Å². The lowest BCUT2D eigenvalue weighted by Crippen LogP contribution is -2.21. The Hall–Kier alpha value is -0.410. The molecule has 1 aliphatic rings. The van der Waals surface area contributed by atoms with Gasteiger partial charge in [-0.2, -0.15) is 0 Å². The van der Waals surface area contributed by atoms with Crippen LogP contribution in [0.5, 0.6) is 0 Å². The lowest BCUT2D eigenvalue weighted by molar-refractivity contribution is 0.382. The molecular weight excluding hydrogens is 281 g/mol. The van der Waals surface area contributed by atoms with Gasteiger partial charge < -0.3 is 5.73 Å². The molecule has 0 aromatic heterocycles. The number of benzene rings is 1. The van der Waals surface area contributed by atoms with Gasteiger partial charge in [-0.15, -0.1) is 0 Å². The third kappa shape index (κ3) is 3.29. The summed E-state index contributed by atoms with van der Waals surface area (Å²) >= 11 is 3.22. The van der Waals surface area contributed by atoms with Crippen LogP contribution in [-0.4, -0.2) is 0 Å². The van der Waals surface area contributed by atoms with E-state index in [1.807, 2.05) is 12.1 Å². The molecule has 2 rings (SSSR count). The van der Waals surface area contributed by atoms with Crippen LogP contribution < -0.4 is 5.73 Å². The Morgan fingerprint density at radius 3 is 2.41 bits per heavy atom. The molecule has 2 N–H and O–H groups in total. The molecule has 0 radical (unpaired) electrons. The molecule has 0 amide bonds. The zero-order chi connectivity index (χ0) is 12.3. The van der Waals surface area contributed by atoms with Gasteiger partial charge in [0, 0.05) is 6.04 Å². The molecule has 1 nitrogen and oxygen atoms in total. The summed E-state index contributed by atoms with van der Waals surface area (Å²) in [4.78, 5) is 0. The first kappa shape index (κ1) is 13.0. The van der Waals surface area contributed by atoms with Gasteiger partial charge in [-0.1, -0.05) is 31.7 Å². The second-order valence-corrected chi connectivity index (χ2v) is 5.81.